The Morgan fingerprint density at radius 3 is 3.24 bits per heavy atom. The first-order valence-corrected chi connectivity index (χ1v) is 8.83. The van der Waals surface area contributed by atoms with E-state index in [9.17, 15) is 0 Å². The molecule has 21 heavy (non-hydrogen) atoms. The van der Waals surface area contributed by atoms with Gasteiger partial charge in [0.2, 0.25) is 0 Å². The van der Waals surface area contributed by atoms with E-state index < -0.39 is 0 Å². The molecule has 0 bridgehead atoms. The third-order valence-electron chi connectivity index (χ3n) is 4.90. The second-order valence-electron chi connectivity index (χ2n) is 6.12. The average molecular weight is 302 g/mol. The van der Waals surface area contributed by atoms with Crippen LogP contribution < -0.4 is 5.32 Å². The van der Waals surface area contributed by atoms with E-state index in [0.717, 1.165) is 12.6 Å². The zero-order valence-electron chi connectivity index (χ0n) is 12.2. The van der Waals surface area contributed by atoms with E-state index in [2.05, 4.69) is 37.9 Å². The van der Waals surface area contributed by atoms with E-state index in [1.54, 1.807) is 11.3 Å². The Bertz CT molecular complexity index is 577. The Kier molecular flexibility index (Phi) is 3.80. The molecule has 2 fully saturated rings. The summed E-state index contributed by atoms with van der Waals surface area (Å²) in [5.74, 6) is 0. The zero-order chi connectivity index (χ0) is 14.1. The van der Waals surface area contributed by atoms with Crippen molar-refractivity contribution in [3.63, 3.8) is 0 Å². The van der Waals surface area contributed by atoms with Crippen LogP contribution in [0.25, 0.3) is 10.6 Å². The first-order valence-electron chi connectivity index (χ1n) is 7.95. The molecule has 0 spiro atoms. The summed E-state index contributed by atoms with van der Waals surface area (Å²) >= 11 is 1.76. The topological polar surface area (TPSA) is 44.0 Å². The highest BCUT2D eigenvalue weighted by atomic mass is 32.1. The fraction of sp³-hybridized carbons (Fsp3) is 0.562. The first kappa shape index (κ1) is 13.5. The minimum absolute atomic E-state index is 0.649. The van der Waals surface area contributed by atoms with Gasteiger partial charge in [-0.2, -0.15) is 5.10 Å². The van der Waals surface area contributed by atoms with Crippen LogP contribution in [-0.2, 0) is 6.54 Å². The average Bonchev–Trinajstić information content (AvgIpc) is 3.25. The Morgan fingerprint density at radius 2 is 2.33 bits per heavy atom. The Hall–Kier alpha value is -1.17. The third kappa shape index (κ3) is 2.65. The standard InChI is InChI=1S/C16H22N4S/c1-2-7-20-8-6-13(14(20)4-1)17-10-12-11-18-19-16(12)15-5-3-9-21-15/h3,5,9,11,13-14,17H,1-2,4,6-8,10H2,(H,18,19). The van der Waals surface area contributed by atoms with E-state index >= 15 is 0 Å². The molecule has 2 atom stereocenters. The molecule has 0 saturated carbocycles. The van der Waals surface area contributed by atoms with Crippen molar-refractivity contribution in [1.29, 1.82) is 0 Å². The number of nitrogens with zero attached hydrogens (tertiary/aromatic N) is 2. The maximum Gasteiger partial charge on any atom is 0.0794 e. The lowest BCUT2D eigenvalue weighted by molar-refractivity contribution is 0.180. The van der Waals surface area contributed by atoms with Gasteiger partial charge in [0.05, 0.1) is 16.8 Å². The number of aromatic amines is 1. The Morgan fingerprint density at radius 1 is 1.33 bits per heavy atom. The van der Waals surface area contributed by atoms with Crippen molar-refractivity contribution in [3.8, 4) is 10.6 Å². The van der Waals surface area contributed by atoms with E-state index in [4.69, 9.17) is 0 Å². The summed E-state index contributed by atoms with van der Waals surface area (Å²) in [4.78, 5) is 3.95. The summed E-state index contributed by atoms with van der Waals surface area (Å²) in [6.45, 7) is 3.49. The van der Waals surface area contributed by atoms with Crippen molar-refractivity contribution in [3.05, 3.63) is 29.3 Å². The minimum Gasteiger partial charge on any atom is -0.308 e. The van der Waals surface area contributed by atoms with E-state index in [0.29, 0.717) is 6.04 Å². The van der Waals surface area contributed by atoms with Gasteiger partial charge in [-0.25, -0.2) is 0 Å². The summed E-state index contributed by atoms with van der Waals surface area (Å²) in [7, 11) is 0. The van der Waals surface area contributed by atoms with Gasteiger partial charge < -0.3 is 5.32 Å². The molecule has 2 unspecified atom stereocenters. The Balaban J connectivity index is 1.42. The highest BCUT2D eigenvalue weighted by Crippen LogP contribution is 2.29. The molecule has 0 aliphatic carbocycles. The lowest BCUT2D eigenvalue weighted by Gasteiger charge is -2.32. The van der Waals surface area contributed by atoms with Crippen molar-refractivity contribution < 1.29 is 0 Å². The maximum absolute atomic E-state index is 4.24. The van der Waals surface area contributed by atoms with E-state index in [1.165, 1.54) is 54.9 Å². The number of aromatic nitrogens is 2. The summed E-state index contributed by atoms with van der Waals surface area (Å²) in [6.07, 6.45) is 7.40. The number of fused-ring (bicyclic) bond motifs is 1. The van der Waals surface area contributed by atoms with Crippen molar-refractivity contribution in [2.24, 2.45) is 0 Å². The van der Waals surface area contributed by atoms with Crippen molar-refractivity contribution in [2.45, 2.75) is 44.3 Å². The van der Waals surface area contributed by atoms with Crippen LogP contribution in [0, 0.1) is 0 Å². The van der Waals surface area contributed by atoms with Crippen LogP contribution in [0.5, 0.6) is 0 Å². The van der Waals surface area contributed by atoms with E-state index in [-0.39, 0.29) is 0 Å². The molecule has 4 rings (SSSR count). The molecule has 0 radical (unpaired) electrons. The van der Waals surface area contributed by atoms with Gasteiger partial charge in [-0.05, 0) is 37.3 Å². The number of nitrogens with one attached hydrogen (secondary N) is 2. The van der Waals surface area contributed by atoms with Gasteiger partial charge in [0, 0.05) is 30.7 Å². The van der Waals surface area contributed by atoms with Crippen LogP contribution in [0.15, 0.2) is 23.7 Å². The smallest absolute Gasteiger partial charge is 0.0794 e. The summed E-state index contributed by atoms with van der Waals surface area (Å²) in [6, 6.07) is 5.65. The Labute approximate surface area is 129 Å². The molecule has 4 heterocycles. The van der Waals surface area contributed by atoms with E-state index in [1.807, 2.05) is 6.20 Å². The number of hydrogen-bond acceptors (Lipinski definition) is 4. The second-order valence-corrected chi connectivity index (χ2v) is 7.07. The van der Waals surface area contributed by atoms with Gasteiger partial charge in [-0.3, -0.25) is 10.00 Å². The molecular weight excluding hydrogens is 280 g/mol. The van der Waals surface area contributed by atoms with Gasteiger partial charge in [0.25, 0.3) is 0 Å². The van der Waals surface area contributed by atoms with Crippen LogP contribution in [-0.4, -0.2) is 40.3 Å². The lowest BCUT2D eigenvalue weighted by Crippen LogP contribution is -2.44. The molecular formula is C16H22N4S. The number of rotatable bonds is 4. The highest BCUT2D eigenvalue weighted by Gasteiger charge is 2.35. The quantitative estimate of drug-likeness (QED) is 0.913. The van der Waals surface area contributed by atoms with Gasteiger partial charge in [-0.1, -0.05) is 12.5 Å². The molecule has 2 saturated heterocycles. The normalized spacial score (nSPS) is 26.1. The number of H-pyrrole nitrogens is 1. The second kappa shape index (κ2) is 5.91. The fourth-order valence-electron chi connectivity index (χ4n) is 3.81. The molecule has 2 N–H and O–H groups in total. The first-order chi connectivity index (χ1) is 10.4. The van der Waals surface area contributed by atoms with Crippen LogP contribution in [0.2, 0.25) is 0 Å². The van der Waals surface area contributed by atoms with Gasteiger partial charge in [0.15, 0.2) is 0 Å². The molecule has 2 aliphatic heterocycles. The van der Waals surface area contributed by atoms with Crippen LogP contribution in [0.3, 0.4) is 0 Å². The van der Waals surface area contributed by atoms with Crippen molar-refractivity contribution in [1.82, 2.24) is 20.4 Å². The van der Waals surface area contributed by atoms with Crippen LogP contribution in [0.4, 0.5) is 0 Å². The van der Waals surface area contributed by atoms with Crippen molar-refractivity contribution in [2.75, 3.05) is 13.1 Å². The predicted molar refractivity (Wildman–Crippen MR) is 86.4 cm³/mol. The van der Waals surface area contributed by atoms with Gasteiger partial charge >= 0.3 is 0 Å². The summed E-state index contributed by atoms with van der Waals surface area (Å²) in [5, 5.41) is 13.3. The summed E-state index contributed by atoms with van der Waals surface area (Å²) < 4.78 is 0. The van der Waals surface area contributed by atoms with Crippen LogP contribution >= 0.6 is 11.3 Å². The van der Waals surface area contributed by atoms with Crippen LogP contribution in [0.1, 0.15) is 31.2 Å². The molecule has 2 aliphatic rings. The molecule has 0 aromatic carbocycles. The maximum atomic E-state index is 4.24. The predicted octanol–water partition coefficient (Wildman–Crippen LogP) is 2.85. The largest absolute Gasteiger partial charge is 0.308 e. The monoisotopic (exact) mass is 302 g/mol. The lowest BCUT2D eigenvalue weighted by atomic mass is 9.99. The zero-order valence-corrected chi connectivity index (χ0v) is 13.0. The molecule has 0 amide bonds. The van der Waals surface area contributed by atoms with Gasteiger partial charge in [-0.15, -0.1) is 11.3 Å². The third-order valence-corrected chi connectivity index (χ3v) is 5.78. The number of hydrogen-bond donors (Lipinski definition) is 2. The number of piperidine rings is 1. The fourth-order valence-corrected chi connectivity index (χ4v) is 4.56. The molecule has 5 heteroatoms. The number of thiophene rings is 1. The molecule has 4 nitrogen and oxygen atoms in total. The minimum atomic E-state index is 0.649. The van der Waals surface area contributed by atoms with Crippen molar-refractivity contribution >= 4 is 11.3 Å². The van der Waals surface area contributed by atoms with Gasteiger partial charge in [0.1, 0.15) is 0 Å². The molecule has 2 aromatic rings. The SMILES string of the molecule is c1csc(-c2[nH]ncc2CNC2CCN3CCCCC23)c1. The highest BCUT2D eigenvalue weighted by molar-refractivity contribution is 7.13. The molecule has 112 valence electrons. The molecule has 2 aromatic heterocycles. The summed E-state index contributed by atoms with van der Waals surface area (Å²) in [5.41, 5.74) is 2.46.